The van der Waals surface area contributed by atoms with Crippen LogP contribution in [0.2, 0.25) is 0 Å². The molecular formula is C7H16ClNO. The van der Waals surface area contributed by atoms with Gasteiger partial charge in [0.1, 0.15) is 0 Å². The summed E-state index contributed by atoms with van der Waals surface area (Å²) in [7, 11) is 0. The third-order valence-corrected chi connectivity index (χ3v) is 1.91. The number of halogens is 1. The average Bonchev–Trinajstić information content (AvgIpc) is 2.13. The zero-order valence-corrected chi connectivity index (χ0v) is 6.99. The van der Waals surface area contributed by atoms with Crippen molar-refractivity contribution < 1.29 is 5.11 Å². The summed E-state index contributed by atoms with van der Waals surface area (Å²) in [6, 6.07) is 0. The van der Waals surface area contributed by atoms with E-state index in [2.05, 4.69) is 5.32 Å². The molecule has 1 aliphatic heterocycles. The molecule has 0 aromatic carbocycles. The van der Waals surface area contributed by atoms with Crippen molar-refractivity contribution >= 4 is 12.4 Å². The summed E-state index contributed by atoms with van der Waals surface area (Å²) < 4.78 is 0. The van der Waals surface area contributed by atoms with Gasteiger partial charge in [-0.2, -0.15) is 0 Å². The van der Waals surface area contributed by atoms with Gasteiger partial charge in [0, 0.05) is 13.2 Å². The summed E-state index contributed by atoms with van der Waals surface area (Å²) >= 11 is 0. The fourth-order valence-electron chi connectivity index (χ4n) is 1.25. The lowest BCUT2D eigenvalue weighted by Gasteiger charge is -2.08. The molecule has 2 nitrogen and oxygen atoms in total. The zero-order chi connectivity index (χ0) is 6.53. The third kappa shape index (κ3) is 3.40. The lowest BCUT2D eigenvalue weighted by molar-refractivity contribution is 0.220. The lowest BCUT2D eigenvalue weighted by atomic mass is 10.1. The molecular weight excluding hydrogens is 150 g/mol. The maximum atomic E-state index is 8.78. The normalized spacial score (nSPS) is 26.7. The van der Waals surface area contributed by atoms with Crippen LogP contribution in [0.5, 0.6) is 0 Å². The molecule has 1 heterocycles. The molecule has 62 valence electrons. The van der Waals surface area contributed by atoms with E-state index in [4.69, 9.17) is 5.11 Å². The highest BCUT2D eigenvalue weighted by atomic mass is 35.5. The lowest BCUT2D eigenvalue weighted by Crippen LogP contribution is -2.22. The second kappa shape index (κ2) is 5.96. The van der Waals surface area contributed by atoms with E-state index in [1.165, 1.54) is 19.3 Å². The second-order valence-electron chi connectivity index (χ2n) is 2.75. The Bertz CT molecular complexity index is 72.0. The largest absolute Gasteiger partial charge is 0.396 e. The molecule has 1 fully saturated rings. The first-order valence-electron chi connectivity index (χ1n) is 3.75. The van der Waals surface area contributed by atoms with E-state index in [-0.39, 0.29) is 12.4 Å². The molecule has 0 aromatic rings. The number of rotatable bonds is 1. The average molecular weight is 166 g/mol. The van der Waals surface area contributed by atoms with Crippen molar-refractivity contribution in [1.82, 2.24) is 5.32 Å². The minimum atomic E-state index is 0. The van der Waals surface area contributed by atoms with Crippen molar-refractivity contribution in [2.75, 3.05) is 19.7 Å². The molecule has 10 heavy (non-hydrogen) atoms. The Labute approximate surface area is 68.4 Å². The Hall–Kier alpha value is 0.210. The minimum Gasteiger partial charge on any atom is -0.396 e. The van der Waals surface area contributed by atoms with Crippen molar-refractivity contribution in [3.63, 3.8) is 0 Å². The highest BCUT2D eigenvalue weighted by Crippen LogP contribution is 2.09. The zero-order valence-electron chi connectivity index (χ0n) is 6.18. The summed E-state index contributed by atoms with van der Waals surface area (Å²) in [6.07, 6.45) is 3.75. The Morgan fingerprint density at radius 1 is 1.40 bits per heavy atom. The maximum Gasteiger partial charge on any atom is 0.0471 e. The van der Waals surface area contributed by atoms with Crippen LogP contribution in [-0.2, 0) is 0 Å². The van der Waals surface area contributed by atoms with E-state index < -0.39 is 0 Å². The van der Waals surface area contributed by atoms with Crippen molar-refractivity contribution in [2.24, 2.45) is 5.92 Å². The first kappa shape index (κ1) is 10.2. The van der Waals surface area contributed by atoms with Gasteiger partial charge >= 0.3 is 0 Å². The monoisotopic (exact) mass is 165 g/mol. The van der Waals surface area contributed by atoms with Crippen LogP contribution in [-0.4, -0.2) is 24.8 Å². The van der Waals surface area contributed by atoms with Gasteiger partial charge in [-0.15, -0.1) is 12.4 Å². The molecule has 3 heteroatoms. The van der Waals surface area contributed by atoms with Gasteiger partial charge in [-0.05, 0) is 25.3 Å². The van der Waals surface area contributed by atoms with Gasteiger partial charge < -0.3 is 10.4 Å². The van der Waals surface area contributed by atoms with E-state index in [9.17, 15) is 0 Å². The quantitative estimate of drug-likeness (QED) is 0.602. The van der Waals surface area contributed by atoms with Crippen molar-refractivity contribution in [3.8, 4) is 0 Å². The molecule has 1 atom stereocenters. The van der Waals surface area contributed by atoms with E-state index in [1.54, 1.807) is 0 Å². The highest BCUT2D eigenvalue weighted by Gasteiger charge is 2.08. The van der Waals surface area contributed by atoms with Gasteiger partial charge in [-0.3, -0.25) is 0 Å². The predicted octanol–water partition coefficient (Wildman–Crippen LogP) is 0.790. The molecule has 1 rings (SSSR count). The highest BCUT2D eigenvalue weighted by molar-refractivity contribution is 5.85. The summed E-state index contributed by atoms with van der Waals surface area (Å²) in [6.45, 7) is 2.50. The van der Waals surface area contributed by atoms with Crippen LogP contribution in [0.1, 0.15) is 19.3 Å². The van der Waals surface area contributed by atoms with Crippen LogP contribution in [0.4, 0.5) is 0 Å². The number of nitrogens with one attached hydrogen (secondary N) is 1. The minimum absolute atomic E-state index is 0. The smallest absolute Gasteiger partial charge is 0.0471 e. The van der Waals surface area contributed by atoms with Crippen LogP contribution >= 0.6 is 12.4 Å². The first-order valence-corrected chi connectivity index (χ1v) is 3.75. The summed E-state index contributed by atoms with van der Waals surface area (Å²) in [5, 5.41) is 12.1. The molecule has 1 unspecified atom stereocenters. The summed E-state index contributed by atoms with van der Waals surface area (Å²) in [4.78, 5) is 0. The number of hydrogen-bond donors (Lipinski definition) is 2. The second-order valence-corrected chi connectivity index (χ2v) is 2.75. The molecule has 0 aliphatic carbocycles. The Morgan fingerprint density at radius 3 is 2.90 bits per heavy atom. The molecule has 2 N–H and O–H groups in total. The summed E-state index contributed by atoms with van der Waals surface area (Å²) in [5.74, 6) is 0.521. The van der Waals surface area contributed by atoms with Crippen molar-refractivity contribution in [2.45, 2.75) is 19.3 Å². The van der Waals surface area contributed by atoms with Gasteiger partial charge in [0.15, 0.2) is 0 Å². The molecule has 0 saturated carbocycles. The van der Waals surface area contributed by atoms with Gasteiger partial charge in [0.25, 0.3) is 0 Å². The third-order valence-electron chi connectivity index (χ3n) is 1.91. The molecule has 0 aromatic heterocycles. The molecule has 0 amide bonds. The van der Waals surface area contributed by atoms with E-state index in [0.717, 1.165) is 13.1 Å². The van der Waals surface area contributed by atoms with Crippen LogP contribution in [0.25, 0.3) is 0 Å². The Kier molecular flexibility index (Phi) is 6.08. The molecule has 1 saturated heterocycles. The molecule has 1 aliphatic rings. The predicted molar refractivity (Wildman–Crippen MR) is 44.5 cm³/mol. The van der Waals surface area contributed by atoms with Crippen molar-refractivity contribution in [3.05, 3.63) is 0 Å². The van der Waals surface area contributed by atoms with E-state index >= 15 is 0 Å². The van der Waals surface area contributed by atoms with Gasteiger partial charge in [0.05, 0.1) is 0 Å². The van der Waals surface area contributed by atoms with E-state index in [0.29, 0.717) is 12.5 Å². The van der Waals surface area contributed by atoms with Crippen LogP contribution in [0.3, 0.4) is 0 Å². The topological polar surface area (TPSA) is 32.3 Å². The standard InChI is InChI=1S/C7H15NO.ClH/c9-6-7-3-1-2-4-8-5-7;/h7-9H,1-6H2;1H. The Morgan fingerprint density at radius 2 is 2.20 bits per heavy atom. The number of aliphatic hydroxyl groups excluding tert-OH is 1. The van der Waals surface area contributed by atoms with E-state index in [1.807, 2.05) is 0 Å². The fraction of sp³-hybridized carbons (Fsp3) is 1.00. The molecule has 0 radical (unpaired) electrons. The van der Waals surface area contributed by atoms with Crippen LogP contribution < -0.4 is 5.32 Å². The Balaban J connectivity index is 0.000000810. The fourth-order valence-corrected chi connectivity index (χ4v) is 1.25. The van der Waals surface area contributed by atoms with Crippen molar-refractivity contribution in [1.29, 1.82) is 0 Å². The number of hydrogen-bond acceptors (Lipinski definition) is 2. The van der Waals surface area contributed by atoms with Crippen LogP contribution in [0.15, 0.2) is 0 Å². The molecule has 0 spiro atoms. The SMILES string of the molecule is Cl.OCC1CCCCNC1. The summed E-state index contributed by atoms with van der Waals surface area (Å²) in [5.41, 5.74) is 0. The van der Waals surface area contributed by atoms with Gasteiger partial charge in [0.2, 0.25) is 0 Å². The van der Waals surface area contributed by atoms with Crippen LogP contribution in [0, 0.1) is 5.92 Å². The molecule has 0 bridgehead atoms. The first-order chi connectivity index (χ1) is 4.43. The van der Waals surface area contributed by atoms with Gasteiger partial charge in [-0.25, -0.2) is 0 Å². The number of aliphatic hydroxyl groups is 1. The maximum absolute atomic E-state index is 8.78. The van der Waals surface area contributed by atoms with Gasteiger partial charge in [-0.1, -0.05) is 6.42 Å².